The fourth-order valence-corrected chi connectivity index (χ4v) is 3.57. The van der Waals surface area contributed by atoms with E-state index in [1.807, 2.05) is 35.2 Å². The Bertz CT molecular complexity index is 896. The van der Waals surface area contributed by atoms with E-state index in [-0.39, 0.29) is 12.1 Å². The summed E-state index contributed by atoms with van der Waals surface area (Å²) < 4.78 is 0. The lowest BCUT2D eigenvalue weighted by Gasteiger charge is -2.34. The van der Waals surface area contributed by atoms with Crippen LogP contribution >= 0.6 is 0 Å². The van der Waals surface area contributed by atoms with Gasteiger partial charge in [0, 0.05) is 31.0 Å². The summed E-state index contributed by atoms with van der Waals surface area (Å²) in [5.41, 5.74) is 2.08. The van der Waals surface area contributed by atoms with E-state index in [0.29, 0.717) is 12.4 Å². The number of hydrogen-bond donors (Lipinski definition) is 2. The van der Waals surface area contributed by atoms with Crippen LogP contribution in [0.25, 0.3) is 11.4 Å². The predicted octanol–water partition coefficient (Wildman–Crippen LogP) is 3.35. The number of benzene rings is 1. The Kier molecular flexibility index (Phi) is 5.61. The average molecular weight is 376 g/mol. The van der Waals surface area contributed by atoms with Gasteiger partial charge in [0.1, 0.15) is 5.82 Å². The Morgan fingerprint density at radius 3 is 2.89 bits per heavy atom. The molecule has 3 heterocycles. The summed E-state index contributed by atoms with van der Waals surface area (Å²) in [4.78, 5) is 23.4. The molecule has 4 rings (SSSR count). The van der Waals surface area contributed by atoms with Crippen molar-refractivity contribution in [3.8, 4) is 11.4 Å². The number of hydrogen-bond acceptors (Lipinski definition) is 4. The second kappa shape index (κ2) is 8.65. The molecule has 1 atom stereocenters. The van der Waals surface area contributed by atoms with Gasteiger partial charge in [-0.15, -0.1) is 0 Å². The number of amides is 2. The maximum absolute atomic E-state index is 12.8. The number of aromatic amines is 1. The SMILES string of the molecule is O=C(NCCc1ccccc1)N1CCCCC1c1nc(-c2cccnc2)n[nH]1. The van der Waals surface area contributed by atoms with Crippen LogP contribution in [0.15, 0.2) is 54.9 Å². The van der Waals surface area contributed by atoms with Gasteiger partial charge >= 0.3 is 6.03 Å². The van der Waals surface area contributed by atoms with Gasteiger partial charge in [-0.2, -0.15) is 5.10 Å². The first-order valence-corrected chi connectivity index (χ1v) is 9.72. The van der Waals surface area contributed by atoms with Crippen molar-refractivity contribution in [1.82, 2.24) is 30.4 Å². The largest absolute Gasteiger partial charge is 0.338 e. The van der Waals surface area contributed by atoms with Gasteiger partial charge in [0.15, 0.2) is 5.82 Å². The highest BCUT2D eigenvalue weighted by Gasteiger charge is 2.30. The number of piperidine rings is 1. The van der Waals surface area contributed by atoms with Gasteiger partial charge in [-0.25, -0.2) is 9.78 Å². The Morgan fingerprint density at radius 1 is 1.18 bits per heavy atom. The zero-order chi connectivity index (χ0) is 19.2. The molecule has 1 aliphatic heterocycles. The monoisotopic (exact) mass is 376 g/mol. The number of nitrogens with one attached hydrogen (secondary N) is 2. The van der Waals surface area contributed by atoms with Gasteiger partial charge in [-0.1, -0.05) is 30.3 Å². The van der Waals surface area contributed by atoms with Crippen LogP contribution in [0, 0.1) is 0 Å². The number of pyridine rings is 1. The van der Waals surface area contributed by atoms with Crippen molar-refractivity contribution in [3.63, 3.8) is 0 Å². The molecule has 2 aromatic heterocycles. The van der Waals surface area contributed by atoms with E-state index in [0.717, 1.165) is 43.6 Å². The fourth-order valence-electron chi connectivity index (χ4n) is 3.57. The summed E-state index contributed by atoms with van der Waals surface area (Å²) in [7, 11) is 0. The number of nitrogens with zero attached hydrogens (tertiary/aromatic N) is 4. The second-order valence-corrected chi connectivity index (χ2v) is 6.96. The van der Waals surface area contributed by atoms with E-state index in [1.54, 1.807) is 12.4 Å². The molecule has 1 unspecified atom stereocenters. The highest BCUT2D eigenvalue weighted by Crippen LogP contribution is 2.29. The number of H-pyrrole nitrogens is 1. The molecule has 2 N–H and O–H groups in total. The van der Waals surface area contributed by atoms with Gasteiger partial charge in [0.2, 0.25) is 0 Å². The molecule has 0 aliphatic carbocycles. The van der Waals surface area contributed by atoms with Crippen LogP contribution in [0.4, 0.5) is 4.79 Å². The Labute approximate surface area is 164 Å². The number of rotatable bonds is 5. The third-order valence-electron chi connectivity index (χ3n) is 5.03. The topological polar surface area (TPSA) is 86.8 Å². The molecular weight excluding hydrogens is 352 g/mol. The Morgan fingerprint density at radius 2 is 2.07 bits per heavy atom. The summed E-state index contributed by atoms with van der Waals surface area (Å²) in [6, 6.07) is 13.8. The molecule has 0 saturated carbocycles. The zero-order valence-electron chi connectivity index (χ0n) is 15.7. The zero-order valence-corrected chi connectivity index (χ0v) is 15.7. The van der Waals surface area contributed by atoms with Crippen molar-refractivity contribution in [2.24, 2.45) is 0 Å². The number of carbonyl (C=O) groups is 1. The summed E-state index contributed by atoms with van der Waals surface area (Å²) in [5.74, 6) is 1.34. The maximum atomic E-state index is 12.8. The lowest BCUT2D eigenvalue weighted by molar-refractivity contribution is 0.148. The third kappa shape index (κ3) is 4.19. The Hall–Kier alpha value is -3.22. The first kappa shape index (κ1) is 18.2. The number of urea groups is 1. The number of aromatic nitrogens is 4. The van der Waals surface area contributed by atoms with Crippen LogP contribution in [0.2, 0.25) is 0 Å². The van der Waals surface area contributed by atoms with Crippen molar-refractivity contribution in [1.29, 1.82) is 0 Å². The van der Waals surface area contributed by atoms with Gasteiger partial charge in [-0.05, 0) is 43.4 Å². The van der Waals surface area contributed by atoms with Gasteiger partial charge in [-0.3, -0.25) is 10.1 Å². The van der Waals surface area contributed by atoms with Crippen LogP contribution < -0.4 is 5.32 Å². The molecule has 7 nitrogen and oxygen atoms in total. The average Bonchev–Trinajstić information content (AvgIpc) is 3.25. The molecule has 0 spiro atoms. The minimum Gasteiger partial charge on any atom is -0.338 e. The van der Waals surface area contributed by atoms with Crippen LogP contribution in [-0.2, 0) is 6.42 Å². The fraction of sp³-hybridized carbons (Fsp3) is 0.333. The van der Waals surface area contributed by atoms with Crippen LogP contribution in [0.3, 0.4) is 0 Å². The van der Waals surface area contributed by atoms with Crippen LogP contribution in [0.5, 0.6) is 0 Å². The van der Waals surface area contributed by atoms with Crippen molar-refractivity contribution >= 4 is 6.03 Å². The summed E-state index contributed by atoms with van der Waals surface area (Å²) >= 11 is 0. The van der Waals surface area contributed by atoms with E-state index in [4.69, 9.17) is 0 Å². The molecule has 144 valence electrons. The molecule has 0 bridgehead atoms. The van der Waals surface area contributed by atoms with Crippen molar-refractivity contribution in [3.05, 3.63) is 66.2 Å². The van der Waals surface area contributed by atoms with E-state index in [2.05, 4.69) is 37.6 Å². The minimum atomic E-state index is -0.0802. The van der Waals surface area contributed by atoms with Crippen LogP contribution in [-0.4, -0.2) is 44.2 Å². The van der Waals surface area contributed by atoms with E-state index < -0.39 is 0 Å². The van der Waals surface area contributed by atoms with E-state index in [1.165, 1.54) is 5.56 Å². The summed E-state index contributed by atoms with van der Waals surface area (Å²) in [6.07, 6.45) is 7.24. The number of likely N-dealkylation sites (tertiary alicyclic amines) is 1. The molecule has 2 amide bonds. The second-order valence-electron chi connectivity index (χ2n) is 6.96. The normalized spacial score (nSPS) is 16.7. The molecule has 1 aromatic carbocycles. The molecule has 3 aromatic rings. The first-order chi connectivity index (χ1) is 13.8. The highest BCUT2D eigenvalue weighted by atomic mass is 16.2. The quantitative estimate of drug-likeness (QED) is 0.715. The smallest absolute Gasteiger partial charge is 0.318 e. The highest BCUT2D eigenvalue weighted by molar-refractivity contribution is 5.74. The van der Waals surface area contributed by atoms with Gasteiger partial charge in [0.25, 0.3) is 0 Å². The van der Waals surface area contributed by atoms with Gasteiger partial charge < -0.3 is 10.2 Å². The van der Waals surface area contributed by atoms with Crippen molar-refractivity contribution < 1.29 is 4.79 Å². The maximum Gasteiger partial charge on any atom is 0.318 e. The lowest BCUT2D eigenvalue weighted by atomic mass is 10.0. The van der Waals surface area contributed by atoms with Gasteiger partial charge in [0.05, 0.1) is 6.04 Å². The summed E-state index contributed by atoms with van der Waals surface area (Å²) in [5, 5.41) is 10.4. The molecule has 0 radical (unpaired) electrons. The lowest BCUT2D eigenvalue weighted by Crippen LogP contribution is -2.45. The van der Waals surface area contributed by atoms with Crippen molar-refractivity contribution in [2.75, 3.05) is 13.1 Å². The first-order valence-electron chi connectivity index (χ1n) is 9.72. The molecular formula is C21H24N6O. The predicted molar refractivity (Wildman–Crippen MR) is 106 cm³/mol. The molecule has 1 aliphatic rings. The minimum absolute atomic E-state index is 0.0417. The molecule has 28 heavy (non-hydrogen) atoms. The third-order valence-corrected chi connectivity index (χ3v) is 5.03. The molecule has 7 heteroatoms. The van der Waals surface area contributed by atoms with Crippen LogP contribution in [0.1, 0.15) is 36.7 Å². The summed E-state index contributed by atoms with van der Waals surface area (Å²) in [6.45, 7) is 1.34. The molecule has 1 saturated heterocycles. The van der Waals surface area contributed by atoms with Crippen molar-refractivity contribution in [2.45, 2.75) is 31.7 Å². The molecule has 1 fully saturated rings. The standard InChI is InChI=1S/C21H24N6O/c28-21(23-13-11-16-7-2-1-3-8-16)27-14-5-4-10-18(27)20-24-19(25-26-20)17-9-6-12-22-15-17/h1-3,6-9,12,15,18H,4-5,10-11,13-14H2,(H,23,28)(H,24,25,26). The van der Waals surface area contributed by atoms with E-state index >= 15 is 0 Å². The number of carbonyl (C=O) groups excluding carboxylic acids is 1. The Balaban J connectivity index is 1.41. The van der Waals surface area contributed by atoms with E-state index in [9.17, 15) is 4.79 Å².